The van der Waals surface area contributed by atoms with E-state index in [-0.39, 0.29) is 42.0 Å². The Hall–Kier alpha value is -1.39. The molecule has 179 valence electrons. The van der Waals surface area contributed by atoms with E-state index in [4.69, 9.17) is 0 Å². The van der Waals surface area contributed by atoms with E-state index in [0.717, 1.165) is 63.5 Å². The molecule has 1 aliphatic heterocycles. The maximum absolute atomic E-state index is 13.4. The van der Waals surface area contributed by atoms with Crippen LogP contribution in [0.4, 0.5) is 5.69 Å². The summed E-state index contributed by atoms with van der Waals surface area (Å²) in [5, 5.41) is 4.15. The van der Waals surface area contributed by atoms with Crippen molar-refractivity contribution < 1.29 is 13.2 Å². The predicted molar refractivity (Wildman–Crippen MR) is 133 cm³/mol. The number of amides is 1. The van der Waals surface area contributed by atoms with E-state index in [1.54, 1.807) is 17.9 Å². The number of anilines is 1. The summed E-state index contributed by atoms with van der Waals surface area (Å²) in [6.45, 7) is 1.24. The summed E-state index contributed by atoms with van der Waals surface area (Å²) in [7, 11) is -0.297. The average molecular weight is 495 g/mol. The molecule has 2 heterocycles. The van der Waals surface area contributed by atoms with Crippen molar-refractivity contribution >= 4 is 51.4 Å². The van der Waals surface area contributed by atoms with Gasteiger partial charge in [-0.1, -0.05) is 6.07 Å². The largest absolute Gasteiger partial charge is 0.326 e. The summed E-state index contributed by atoms with van der Waals surface area (Å²) >= 11 is 0. The van der Waals surface area contributed by atoms with Gasteiger partial charge in [-0.2, -0.15) is 13.5 Å². The molecule has 8 nitrogen and oxygen atoms in total. The first-order chi connectivity index (χ1) is 15.8. The molecule has 10 heteroatoms. The van der Waals surface area contributed by atoms with Crippen LogP contribution in [0.3, 0.4) is 0 Å². The number of carbonyl (C=O) groups excluding carboxylic acids is 1. The van der Waals surface area contributed by atoms with Gasteiger partial charge < -0.3 is 4.90 Å². The summed E-state index contributed by atoms with van der Waals surface area (Å²) in [6, 6.07) is 2.43. The molecule has 0 spiro atoms. The van der Waals surface area contributed by atoms with Crippen molar-refractivity contribution in [3.63, 3.8) is 0 Å². The Bertz CT molecular complexity index is 1150. The SMILES string of the molecule is CN1CCC[C@H]1CN(c1cnn(C)c1)S(=O)(=O)NC(=O)Cc1c2c(cc3c1CCC3)CCC2.[Na]. The van der Waals surface area contributed by atoms with Crippen molar-refractivity contribution in [2.24, 2.45) is 7.05 Å². The summed E-state index contributed by atoms with van der Waals surface area (Å²) in [5.41, 5.74) is 6.80. The number of aromatic nitrogens is 2. The molecule has 34 heavy (non-hydrogen) atoms. The van der Waals surface area contributed by atoms with E-state index in [1.807, 2.05) is 7.05 Å². The van der Waals surface area contributed by atoms with Gasteiger partial charge in [0.2, 0.25) is 5.91 Å². The number of carbonyl (C=O) groups is 1. The van der Waals surface area contributed by atoms with Crippen LogP contribution in [0, 0.1) is 0 Å². The first-order valence-electron chi connectivity index (χ1n) is 12.0. The number of likely N-dealkylation sites (N-methyl/N-ethyl adjacent to an activating group) is 1. The number of fused-ring (bicyclic) bond motifs is 2. The monoisotopic (exact) mass is 494 g/mol. The topological polar surface area (TPSA) is 87.5 Å². The van der Waals surface area contributed by atoms with Crippen molar-refractivity contribution in [2.75, 3.05) is 24.4 Å². The van der Waals surface area contributed by atoms with Crippen molar-refractivity contribution in [3.05, 3.63) is 46.3 Å². The van der Waals surface area contributed by atoms with Crippen LogP contribution in [0.1, 0.15) is 53.5 Å². The zero-order chi connectivity index (χ0) is 23.2. The molecule has 0 saturated carbocycles. The van der Waals surface area contributed by atoms with Crippen LogP contribution >= 0.6 is 0 Å². The zero-order valence-corrected chi connectivity index (χ0v) is 23.3. The van der Waals surface area contributed by atoms with Crippen molar-refractivity contribution in [2.45, 2.75) is 63.8 Å². The molecule has 3 aliphatic rings. The third-order valence-corrected chi connectivity index (χ3v) is 8.92. The number of nitrogens with one attached hydrogen (secondary N) is 1. The van der Waals surface area contributed by atoms with E-state index in [2.05, 4.69) is 20.8 Å². The Morgan fingerprint density at radius 2 is 1.79 bits per heavy atom. The Morgan fingerprint density at radius 3 is 2.35 bits per heavy atom. The maximum atomic E-state index is 13.4. The molecule has 1 N–H and O–H groups in total. The van der Waals surface area contributed by atoms with Gasteiger partial charge in [0.1, 0.15) is 0 Å². The van der Waals surface area contributed by atoms with Crippen LogP contribution in [0.5, 0.6) is 0 Å². The molecular formula is C24H33N5NaO3S. The third kappa shape index (κ3) is 5.09. The molecule has 1 radical (unpaired) electrons. The predicted octanol–water partition coefficient (Wildman–Crippen LogP) is 1.52. The fraction of sp³-hybridized carbons (Fsp3) is 0.583. The minimum Gasteiger partial charge on any atom is -0.302 e. The van der Waals surface area contributed by atoms with Gasteiger partial charge in [-0.3, -0.25) is 9.48 Å². The fourth-order valence-corrected chi connectivity index (χ4v) is 7.03. The van der Waals surface area contributed by atoms with E-state index in [1.165, 1.54) is 32.8 Å². The van der Waals surface area contributed by atoms with E-state index >= 15 is 0 Å². The molecule has 0 unspecified atom stereocenters. The molecule has 1 aromatic heterocycles. The first-order valence-corrected chi connectivity index (χ1v) is 13.4. The molecule has 2 aliphatic carbocycles. The smallest absolute Gasteiger partial charge is 0.302 e. The Balaban J connectivity index is 0.00000274. The van der Waals surface area contributed by atoms with Gasteiger partial charge in [-0.25, -0.2) is 9.03 Å². The Morgan fingerprint density at radius 1 is 1.12 bits per heavy atom. The van der Waals surface area contributed by atoms with Gasteiger partial charge in [-0.05, 0) is 92.8 Å². The number of likely N-dealkylation sites (tertiary alicyclic amines) is 1. The summed E-state index contributed by atoms with van der Waals surface area (Å²) in [5.74, 6) is -0.460. The van der Waals surface area contributed by atoms with Crippen molar-refractivity contribution in [1.82, 2.24) is 19.4 Å². The summed E-state index contributed by atoms with van der Waals surface area (Å²) < 4.78 is 32.2. The van der Waals surface area contributed by atoms with Crippen LogP contribution in [-0.4, -0.2) is 84.7 Å². The fourth-order valence-electron chi connectivity index (χ4n) is 5.82. The molecule has 1 fully saturated rings. The number of aryl methyl sites for hydroxylation is 3. The minimum absolute atomic E-state index is 0. The van der Waals surface area contributed by atoms with Gasteiger partial charge in [0.05, 0.1) is 24.8 Å². The number of hydrogen-bond donors (Lipinski definition) is 1. The third-order valence-electron chi connectivity index (χ3n) is 7.50. The van der Waals surface area contributed by atoms with Gasteiger partial charge in [-0.15, -0.1) is 0 Å². The standard InChI is InChI=1S/C24H33N5O3S.Na/c1-27-11-5-8-19(27)16-29(20-14-25-28(2)15-20)33(31,32)26-24(30)13-23-21-9-3-6-17(21)12-18-7-4-10-22(18)23;/h12,14-15,19H,3-11,13,16H2,1-2H3,(H,26,30);/t19-;/m0./s1. The normalized spacial score (nSPS) is 19.5. The van der Waals surface area contributed by atoms with Crippen LogP contribution in [0.15, 0.2) is 18.5 Å². The number of benzene rings is 1. The molecule has 5 rings (SSSR count). The molecule has 0 bridgehead atoms. The second-order valence-electron chi connectivity index (χ2n) is 9.72. The molecule has 1 atom stereocenters. The van der Waals surface area contributed by atoms with Crippen LogP contribution in [-0.2, 0) is 54.2 Å². The van der Waals surface area contributed by atoms with Crippen molar-refractivity contribution in [1.29, 1.82) is 0 Å². The zero-order valence-electron chi connectivity index (χ0n) is 20.5. The molecule has 1 saturated heterocycles. The molecule has 1 aromatic carbocycles. The Kier molecular flexibility index (Phi) is 7.79. The minimum atomic E-state index is -4.07. The van der Waals surface area contributed by atoms with E-state index in [9.17, 15) is 13.2 Å². The second-order valence-corrected chi connectivity index (χ2v) is 11.3. The number of hydrogen-bond acceptors (Lipinski definition) is 5. The first kappa shape index (κ1) is 25.7. The molecule has 1 amide bonds. The van der Waals surface area contributed by atoms with Gasteiger partial charge in [0.25, 0.3) is 0 Å². The Labute approximate surface area is 224 Å². The quantitative estimate of drug-likeness (QED) is 0.590. The van der Waals surface area contributed by atoms with Gasteiger partial charge >= 0.3 is 10.2 Å². The van der Waals surface area contributed by atoms with Gasteiger partial charge in [0, 0.05) is 48.8 Å². The van der Waals surface area contributed by atoms with Gasteiger partial charge in [0.15, 0.2) is 0 Å². The molecular weight excluding hydrogens is 461 g/mol. The van der Waals surface area contributed by atoms with Crippen LogP contribution in [0.25, 0.3) is 0 Å². The second kappa shape index (κ2) is 10.3. The van der Waals surface area contributed by atoms with E-state index < -0.39 is 16.1 Å². The summed E-state index contributed by atoms with van der Waals surface area (Å²) in [4.78, 5) is 15.3. The van der Waals surface area contributed by atoms with Crippen LogP contribution < -0.4 is 9.03 Å². The number of nitrogens with zero attached hydrogens (tertiary/aromatic N) is 4. The number of rotatable bonds is 7. The van der Waals surface area contributed by atoms with Crippen LogP contribution in [0.2, 0.25) is 0 Å². The maximum Gasteiger partial charge on any atom is 0.326 e. The van der Waals surface area contributed by atoms with E-state index in [0.29, 0.717) is 12.2 Å². The van der Waals surface area contributed by atoms with Crippen molar-refractivity contribution in [3.8, 4) is 0 Å². The molecule has 2 aromatic rings. The summed E-state index contributed by atoms with van der Waals surface area (Å²) in [6.07, 6.45) is 11.6. The average Bonchev–Trinajstić information content (AvgIpc) is 3.53.